The van der Waals surface area contributed by atoms with E-state index in [1.165, 1.54) is 0 Å². The fourth-order valence-electron chi connectivity index (χ4n) is 1.02. The van der Waals surface area contributed by atoms with Crippen LogP contribution in [0.15, 0.2) is 0 Å². The predicted molar refractivity (Wildman–Crippen MR) is 55.3 cm³/mol. The van der Waals surface area contributed by atoms with Crippen LogP contribution in [0.5, 0.6) is 0 Å². The molecule has 1 rings (SSSR count). The molecule has 14 heavy (non-hydrogen) atoms. The second-order valence-electron chi connectivity index (χ2n) is 2.85. The van der Waals surface area contributed by atoms with Crippen LogP contribution in [0, 0.1) is 0 Å². The Morgan fingerprint density at radius 2 is 1.86 bits per heavy atom. The summed E-state index contributed by atoms with van der Waals surface area (Å²) in [5.74, 6) is -0.833. The summed E-state index contributed by atoms with van der Waals surface area (Å²) in [6, 6.07) is 0. The van der Waals surface area contributed by atoms with Gasteiger partial charge in [-0.15, -0.1) is 0 Å². The maximum atomic E-state index is 9.00. The van der Waals surface area contributed by atoms with E-state index in [1.54, 1.807) is 0 Å². The lowest BCUT2D eigenvalue weighted by Gasteiger charge is -2.05. The number of carboxylic acids is 1. The van der Waals surface area contributed by atoms with Gasteiger partial charge in [-0.05, 0) is 19.8 Å². The molecule has 2 unspecified atom stereocenters. The van der Waals surface area contributed by atoms with E-state index in [2.05, 4.69) is 0 Å². The number of hydrogen-bond acceptors (Lipinski definition) is 3. The first-order chi connectivity index (χ1) is 6.56. The van der Waals surface area contributed by atoms with Crippen LogP contribution in [-0.2, 0) is 9.53 Å². The normalized spacial score (nSPS) is 24.1. The van der Waals surface area contributed by atoms with Crippen molar-refractivity contribution in [1.82, 2.24) is 0 Å². The molecule has 4 nitrogen and oxygen atoms in total. The number of carboxylic acid groups (broad SMARTS) is 1. The third kappa shape index (κ3) is 11.4. The minimum absolute atomic E-state index is 0.130. The van der Waals surface area contributed by atoms with Gasteiger partial charge in [0.05, 0.1) is 18.8 Å². The summed E-state index contributed by atoms with van der Waals surface area (Å²) in [7, 11) is 0. The molecular formula is C10H22O4. The Bertz CT molecular complexity index is 132. The Kier molecular flexibility index (Phi) is 11.9. The van der Waals surface area contributed by atoms with Gasteiger partial charge in [0.15, 0.2) is 0 Å². The van der Waals surface area contributed by atoms with Crippen LogP contribution in [0.1, 0.15) is 40.5 Å². The average molecular weight is 206 g/mol. The zero-order valence-corrected chi connectivity index (χ0v) is 9.49. The van der Waals surface area contributed by atoms with Crippen LogP contribution in [0.3, 0.4) is 0 Å². The number of aliphatic hydroxyl groups excluding tert-OH is 1. The van der Waals surface area contributed by atoms with Crippen molar-refractivity contribution in [3.8, 4) is 0 Å². The largest absolute Gasteiger partial charge is 0.481 e. The lowest BCUT2D eigenvalue weighted by molar-refractivity contribution is -0.134. The minimum atomic E-state index is -0.833. The fourth-order valence-corrected chi connectivity index (χ4v) is 1.02. The first-order valence-corrected chi connectivity index (χ1v) is 5.02. The molecule has 0 aromatic carbocycles. The fraction of sp³-hybridized carbons (Fsp3) is 0.900. The topological polar surface area (TPSA) is 66.8 Å². The zero-order chi connectivity index (χ0) is 11.6. The molecule has 0 aliphatic carbocycles. The molecule has 86 valence electrons. The van der Waals surface area contributed by atoms with E-state index < -0.39 is 5.97 Å². The zero-order valence-electron chi connectivity index (χ0n) is 9.49. The van der Waals surface area contributed by atoms with Gasteiger partial charge in [-0.1, -0.05) is 13.8 Å². The number of aliphatic hydroxyl groups is 1. The SMILES string of the molecule is CC.CC(=O)O.CC1CCC(CO)O1. The lowest BCUT2D eigenvalue weighted by Crippen LogP contribution is -2.11. The Morgan fingerprint density at radius 1 is 1.43 bits per heavy atom. The Labute approximate surface area is 85.9 Å². The summed E-state index contributed by atoms with van der Waals surface area (Å²) >= 11 is 0. The summed E-state index contributed by atoms with van der Waals surface area (Å²) < 4.78 is 5.26. The Balaban J connectivity index is 0. The van der Waals surface area contributed by atoms with Crippen molar-refractivity contribution < 1.29 is 19.7 Å². The molecule has 0 radical (unpaired) electrons. The van der Waals surface area contributed by atoms with Gasteiger partial charge in [0.25, 0.3) is 5.97 Å². The van der Waals surface area contributed by atoms with Gasteiger partial charge >= 0.3 is 0 Å². The van der Waals surface area contributed by atoms with Crippen molar-refractivity contribution in [2.24, 2.45) is 0 Å². The number of aliphatic carboxylic acids is 1. The van der Waals surface area contributed by atoms with Gasteiger partial charge < -0.3 is 14.9 Å². The van der Waals surface area contributed by atoms with Crippen LogP contribution < -0.4 is 0 Å². The van der Waals surface area contributed by atoms with Crippen LogP contribution in [-0.4, -0.2) is 35.0 Å². The highest BCUT2D eigenvalue weighted by atomic mass is 16.5. The van der Waals surface area contributed by atoms with Crippen LogP contribution in [0.2, 0.25) is 0 Å². The smallest absolute Gasteiger partial charge is 0.300 e. The van der Waals surface area contributed by atoms with Gasteiger partial charge in [-0.25, -0.2) is 0 Å². The standard InChI is InChI=1S/C6H12O2.C2H4O2.C2H6/c1-5-2-3-6(4-7)8-5;1-2(3)4;1-2/h5-7H,2-4H2,1H3;1H3,(H,3,4);1-2H3. The number of rotatable bonds is 1. The van der Waals surface area contributed by atoms with Crippen LogP contribution in [0.4, 0.5) is 0 Å². The van der Waals surface area contributed by atoms with E-state index in [0.717, 1.165) is 19.8 Å². The van der Waals surface area contributed by atoms with Gasteiger partial charge in [-0.3, -0.25) is 4.79 Å². The molecule has 1 saturated heterocycles. The molecule has 1 aliphatic rings. The highest BCUT2D eigenvalue weighted by Gasteiger charge is 2.19. The van der Waals surface area contributed by atoms with Gasteiger partial charge in [0.2, 0.25) is 0 Å². The second-order valence-corrected chi connectivity index (χ2v) is 2.85. The Hall–Kier alpha value is -0.610. The maximum absolute atomic E-state index is 9.00. The van der Waals surface area contributed by atoms with E-state index in [0.29, 0.717) is 6.10 Å². The van der Waals surface area contributed by atoms with Crippen molar-refractivity contribution in [3.05, 3.63) is 0 Å². The first kappa shape index (κ1) is 15.8. The summed E-state index contributed by atoms with van der Waals surface area (Å²) in [4.78, 5) is 9.00. The molecule has 1 heterocycles. The molecule has 0 aromatic heterocycles. The predicted octanol–water partition coefficient (Wildman–Crippen LogP) is 1.66. The van der Waals surface area contributed by atoms with Crippen molar-refractivity contribution in [1.29, 1.82) is 0 Å². The van der Waals surface area contributed by atoms with E-state index in [4.69, 9.17) is 19.7 Å². The molecule has 2 N–H and O–H groups in total. The molecule has 1 aliphatic heterocycles. The summed E-state index contributed by atoms with van der Waals surface area (Å²) in [6.45, 7) is 7.31. The highest BCUT2D eigenvalue weighted by Crippen LogP contribution is 2.17. The molecule has 0 aromatic rings. The molecule has 0 spiro atoms. The monoisotopic (exact) mass is 206 g/mol. The van der Waals surface area contributed by atoms with Crippen molar-refractivity contribution in [3.63, 3.8) is 0 Å². The third-order valence-electron chi connectivity index (χ3n) is 1.52. The quantitative estimate of drug-likeness (QED) is 0.684. The first-order valence-electron chi connectivity index (χ1n) is 5.02. The molecular weight excluding hydrogens is 184 g/mol. The van der Waals surface area contributed by atoms with E-state index in [-0.39, 0.29) is 12.7 Å². The van der Waals surface area contributed by atoms with E-state index in [1.807, 2.05) is 20.8 Å². The number of ether oxygens (including phenoxy) is 1. The highest BCUT2D eigenvalue weighted by molar-refractivity contribution is 5.62. The second kappa shape index (κ2) is 10.5. The van der Waals surface area contributed by atoms with Crippen molar-refractivity contribution >= 4 is 5.97 Å². The van der Waals surface area contributed by atoms with Gasteiger partial charge in [-0.2, -0.15) is 0 Å². The van der Waals surface area contributed by atoms with Crippen LogP contribution in [0.25, 0.3) is 0 Å². The molecule has 2 atom stereocenters. The van der Waals surface area contributed by atoms with Crippen molar-refractivity contribution in [2.45, 2.75) is 52.7 Å². The van der Waals surface area contributed by atoms with E-state index in [9.17, 15) is 0 Å². The third-order valence-corrected chi connectivity index (χ3v) is 1.52. The maximum Gasteiger partial charge on any atom is 0.300 e. The van der Waals surface area contributed by atoms with E-state index >= 15 is 0 Å². The number of hydrogen-bond donors (Lipinski definition) is 2. The molecule has 1 fully saturated rings. The summed E-state index contributed by atoms with van der Waals surface area (Å²) in [6.07, 6.45) is 2.63. The molecule has 4 heteroatoms. The summed E-state index contributed by atoms with van der Waals surface area (Å²) in [5.41, 5.74) is 0. The minimum Gasteiger partial charge on any atom is -0.481 e. The van der Waals surface area contributed by atoms with Crippen molar-refractivity contribution in [2.75, 3.05) is 6.61 Å². The lowest BCUT2D eigenvalue weighted by atomic mass is 10.2. The Morgan fingerprint density at radius 3 is 2.00 bits per heavy atom. The van der Waals surface area contributed by atoms with Crippen LogP contribution >= 0.6 is 0 Å². The molecule has 0 bridgehead atoms. The molecule has 0 saturated carbocycles. The van der Waals surface area contributed by atoms with Gasteiger partial charge in [0, 0.05) is 6.92 Å². The van der Waals surface area contributed by atoms with Gasteiger partial charge in [0.1, 0.15) is 0 Å². The molecule has 0 amide bonds. The summed E-state index contributed by atoms with van der Waals surface area (Å²) in [5, 5.41) is 16.0. The average Bonchev–Trinajstić information content (AvgIpc) is 2.54. The number of carbonyl (C=O) groups is 1.